The first kappa shape index (κ1) is 15.6. The summed E-state index contributed by atoms with van der Waals surface area (Å²) in [5, 5.41) is 9.27. The second-order valence-corrected chi connectivity index (χ2v) is 5.43. The Kier molecular flexibility index (Phi) is 4.77. The number of hydrogen-bond donors (Lipinski definition) is 3. The van der Waals surface area contributed by atoms with Crippen LogP contribution in [0.15, 0.2) is 78.9 Å². The summed E-state index contributed by atoms with van der Waals surface area (Å²) in [5.74, 6) is 0.0395. The first-order valence-electron chi connectivity index (χ1n) is 7.69. The van der Waals surface area contributed by atoms with E-state index in [1.165, 1.54) is 0 Å². The van der Waals surface area contributed by atoms with E-state index in [9.17, 15) is 9.90 Å². The number of aromatic hydroxyl groups is 1. The van der Waals surface area contributed by atoms with Crippen LogP contribution in [0.1, 0.15) is 5.56 Å². The number of phenolic OH excluding ortho intramolecular Hbond substituents is 1. The fourth-order valence-electron chi connectivity index (χ4n) is 2.44. The van der Waals surface area contributed by atoms with Gasteiger partial charge in [0.15, 0.2) is 0 Å². The van der Waals surface area contributed by atoms with Crippen LogP contribution in [0, 0.1) is 0 Å². The lowest BCUT2D eigenvalue weighted by atomic mass is 10.0. The van der Waals surface area contributed by atoms with Crippen molar-refractivity contribution < 1.29 is 9.90 Å². The molecule has 0 fully saturated rings. The van der Waals surface area contributed by atoms with E-state index in [4.69, 9.17) is 0 Å². The first-order chi connectivity index (χ1) is 11.7. The van der Waals surface area contributed by atoms with Gasteiger partial charge in [-0.15, -0.1) is 0 Å². The highest BCUT2D eigenvalue weighted by molar-refractivity contribution is 5.83. The average molecular weight is 318 g/mol. The molecule has 0 saturated carbocycles. The van der Waals surface area contributed by atoms with Crippen LogP contribution in [0.5, 0.6) is 5.75 Å². The van der Waals surface area contributed by atoms with E-state index >= 15 is 0 Å². The number of carbonyl (C=O) groups excluding carboxylic acids is 1. The van der Waals surface area contributed by atoms with Crippen LogP contribution in [0.3, 0.4) is 0 Å². The van der Waals surface area contributed by atoms with Crippen LogP contribution in [-0.2, 0) is 11.2 Å². The SMILES string of the molecule is O=C(Cc1ccc(O)cc1)NNc1ccccc1-c1ccccc1. The van der Waals surface area contributed by atoms with E-state index in [1.807, 2.05) is 54.6 Å². The van der Waals surface area contributed by atoms with Gasteiger partial charge >= 0.3 is 0 Å². The summed E-state index contributed by atoms with van der Waals surface area (Å²) in [5.41, 5.74) is 9.48. The van der Waals surface area contributed by atoms with Gasteiger partial charge in [-0.05, 0) is 29.3 Å². The van der Waals surface area contributed by atoms with Crippen molar-refractivity contribution in [1.82, 2.24) is 5.43 Å². The van der Waals surface area contributed by atoms with Gasteiger partial charge in [0, 0.05) is 5.56 Å². The van der Waals surface area contributed by atoms with Gasteiger partial charge in [0.1, 0.15) is 5.75 Å². The van der Waals surface area contributed by atoms with E-state index in [1.54, 1.807) is 24.3 Å². The number of rotatable bonds is 5. The molecule has 0 saturated heterocycles. The van der Waals surface area contributed by atoms with Crippen molar-refractivity contribution in [1.29, 1.82) is 0 Å². The predicted molar refractivity (Wildman–Crippen MR) is 95.5 cm³/mol. The summed E-state index contributed by atoms with van der Waals surface area (Å²) in [6.45, 7) is 0. The fourth-order valence-corrected chi connectivity index (χ4v) is 2.44. The quantitative estimate of drug-likeness (QED) is 0.628. The minimum atomic E-state index is -0.149. The molecular formula is C20H18N2O2. The van der Waals surface area contributed by atoms with E-state index in [2.05, 4.69) is 10.9 Å². The maximum absolute atomic E-state index is 12.1. The molecule has 0 spiro atoms. The number of hydrogen-bond acceptors (Lipinski definition) is 3. The standard InChI is InChI=1S/C20H18N2O2/c23-17-12-10-15(11-13-17)14-20(24)22-21-19-9-5-4-8-18(19)16-6-2-1-3-7-16/h1-13,21,23H,14H2,(H,22,24). The minimum absolute atomic E-state index is 0.149. The van der Waals surface area contributed by atoms with Gasteiger partial charge in [-0.25, -0.2) is 0 Å². The van der Waals surface area contributed by atoms with Crippen LogP contribution in [0.2, 0.25) is 0 Å². The monoisotopic (exact) mass is 318 g/mol. The van der Waals surface area contributed by atoms with Crippen molar-refractivity contribution in [3.8, 4) is 16.9 Å². The Bertz CT molecular complexity index is 815. The molecule has 0 aliphatic rings. The van der Waals surface area contributed by atoms with Crippen molar-refractivity contribution in [2.45, 2.75) is 6.42 Å². The molecule has 0 aromatic heterocycles. The fraction of sp³-hybridized carbons (Fsp3) is 0.0500. The highest BCUT2D eigenvalue weighted by Gasteiger charge is 2.06. The van der Waals surface area contributed by atoms with E-state index in [0.717, 1.165) is 22.4 Å². The lowest BCUT2D eigenvalue weighted by Gasteiger charge is -2.13. The van der Waals surface area contributed by atoms with Crippen LogP contribution < -0.4 is 10.9 Å². The summed E-state index contributed by atoms with van der Waals surface area (Å²) in [4.78, 5) is 12.1. The molecule has 4 heteroatoms. The average Bonchev–Trinajstić information content (AvgIpc) is 2.63. The summed E-state index contributed by atoms with van der Waals surface area (Å²) in [6, 6.07) is 24.4. The zero-order chi connectivity index (χ0) is 16.8. The molecule has 0 aliphatic carbocycles. The van der Waals surface area contributed by atoms with Crippen molar-refractivity contribution in [2.75, 3.05) is 5.43 Å². The largest absolute Gasteiger partial charge is 0.508 e. The first-order valence-corrected chi connectivity index (χ1v) is 7.69. The van der Waals surface area contributed by atoms with Gasteiger partial charge in [0.2, 0.25) is 5.91 Å². The van der Waals surface area contributed by atoms with E-state index < -0.39 is 0 Å². The molecule has 0 unspecified atom stereocenters. The Balaban J connectivity index is 1.66. The molecule has 0 radical (unpaired) electrons. The maximum atomic E-state index is 12.1. The van der Waals surface area contributed by atoms with Crippen LogP contribution >= 0.6 is 0 Å². The molecule has 0 bridgehead atoms. The second-order valence-electron chi connectivity index (χ2n) is 5.43. The Morgan fingerprint density at radius 3 is 2.25 bits per heavy atom. The van der Waals surface area contributed by atoms with Gasteiger partial charge < -0.3 is 5.11 Å². The lowest BCUT2D eigenvalue weighted by Crippen LogP contribution is -2.30. The van der Waals surface area contributed by atoms with Crippen molar-refractivity contribution in [3.05, 3.63) is 84.4 Å². The van der Waals surface area contributed by atoms with Gasteiger partial charge in [0.25, 0.3) is 0 Å². The third-order valence-electron chi connectivity index (χ3n) is 3.65. The molecule has 120 valence electrons. The van der Waals surface area contributed by atoms with Crippen LogP contribution in [-0.4, -0.2) is 11.0 Å². The molecule has 0 atom stereocenters. The van der Waals surface area contributed by atoms with Crippen molar-refractivity contribution in [3.63, 3.8) is 0 Å². The molecule has 1 amide bonds. The lowest BCUT2D eigenvalue weighted by molar-refractivity contribution is -0.119. The summed E-state index contributed by atoms with van der Waals surface area (Å²) in [7, 11) is 0. The molecule has 3 rings (SSSR count). The number of phenols is 1. The highest BCUT2D eigenvalue weighted by Crippen LogP contribution is 2.26. The number of hydrazine groups is 1. The summed E-state index contributed by atoms with van der Waals surface area (Å²) < 4.78 is 0. The number of para-hydroxylation sites is 1. The topological polar surface area (TPSA) is 61.4 Å². The molecule has 3 aromatic carbocycles. The van der Waals surface area contributed by atoms with E-state index in [0.29, 0.717) is 0 Å². The number of anilines is 1. The second kappa shape index (κ2) is 7.33. The number of amides is 1. The Morgan fingerprint density at radius 2 is 1.50 bits per heavy atom. The van der Waals surface area contributed by atoms with E-state index in [-0.39, 0.29) is 18.1 Å². The zero-order valence-corrected chi connectivity index (χ0v) is 13.1. The van der Waals surface area contributed by atoms with Gasteiger partial charge in [-0.3, -0.25) is 15.6 Å². The highest BCUT2D eigenvalue weighted by atomic mass is 16.3. The molecule has 24 heavy (non-hydrogen) atoms. The van der Waals surface area contributed by atoms with Crippen LogP contribution in [0.25, 0.3) is 11.1 Å². The van der Waals surface area contributed by atoms with Crippen LogP contribution in [0.4, 0.5) is 5.69 Å². The summed E-state index contributed by atoms with van der Waals surface area (Å²) >= 11 is 0. The number of benzene rings is 3. The van der Waals surface area contributed by atoms with Gasteiger partial charge in [-0.1, -0.05) is 60.7 Å². The normalized spacial score (nSPS) is 10.2. The van der Waals surface area contributed by atoms with Gasteiger partial charge in [-0.2, -0.15) is 0 Å². The molecule has 0 heterocycles. The Morgan fingerprint density at radius 1 is 0.833 bits per heavy atom. The molecular weight excluding hydrogens is 300 g/mol. The molecule has 3 N–H and O–H groups in total. The predicted octanol–water partition coefficient (Wildman–Crippen LogP) is 3.75. The Labute approximate surface area is 140 Å². The zero-order valence-electron chi connectivity index (χ0n) is 13.1. The third kappa shape index (κ3) is 3.93. The van der Waals surface area contributed by atoms with Gasteiger partial charge in [0.05, 0.1) is 12.1 Å². The Hall–Kier alpha value is -3.27. The smallest absolute Gasteiger partial charge is 0.242 e. The molecule has 0 aliphatic heterocycles. The van der Waals surface area contributed by atoms with Crippen molar-refractivity contribution >= 4 is 11.6 Å². The summed E-state index contributed by atoms with van der Waals surface area (Å²) in [6.07, 6.45) is 0.237. The molecule has 4 nitrogen and oxygen atoms in total. The molecule has 3 aromatic rings. The number of carbonyl (C=O) groups is 1. The number of nitrogens with one attached hydrogen (secondary N) is 2. The maximum Gasteiger partial charge on any atom is 0.242 e. The van der Waals surface area contributed by atoms with Crippen molar-refractivity contribution in [2.24, 2.45) is 0 Å². The minimum Gasteiger partial charge on any atom is -0.508 e. The third-order valence-corrected chi connectivity index (χ3v) is 3.65.